The van der Waals surface area contributed by atoms with Crippen molar-refractivity contribution in [2.75, 3.05) is 5.32 Å². The maximum Gasteiger partial charge on any atom is 0.395 e. The molecule has 4 rings (SSSR count). The van der Waals surface area contributed by atoms with E-state index in [0.29, 0.717) is 22.2 Å². The third kappa shape index (κ3) is 4.69. The zero-order valence-electron chi connectivity index (χ0n) is 17.8. The van der Waals surface area contributed by atoms with Crippen LogP contribution in [0.2, 0.25) is 0 Å². The number of aromatic nitrogens is 6. The Balaban J connectivity index is 1.43. The molecule has 3 aromatic heterocycles. The van der Waals surface area contributed by atoms with Gasteiger partial charge in [0.05, 0.1) is 18.2 Å². The van der Waals surface area contributed by atoms with Crippen molar-refractivity contribution in [1.29, 1.82) is 0 Å². The number of nitrogens with zero attached hydrogens (tertiary/aromatic N) is 6. The molecule has 0 saturated heterocycles. The van der Waals surface area contributed by atoms with Crippen molar-refractivity contribution in [1.82, 2.24) is 29.8 Å². The van der Waals surface area contributed by atoms with Gasteiger partial charge in [0.1, 0.15) is 11.0 Å². The van der Waals surface area contributed by atoms with E-state index in [9.17, 15) is 13.2 Å². The number of rotatable bonds is 6. The van der Waals surface area contributed by atoms with E-state index < -0.39 is 12.1 Å². The molecule has 0 amide bonds. The molecule has 2 unspecified atom stereocenters. The molecule has 3 aromatic rings. The molecule has 8 nitrogen and oxygen atoms in total. The van der Waals surface area contributed by atoms with E-state index in [4.69, 9.17) is 5.73 Å². The van der Waals surface area contributed by atoms with Crippen LogP contribution in [0.4, 0.5) is 24.1 Å². The van der Waals surface area contributed by atoms with Gasteiger partial charge in [-0.05, 0) is 38.8 Å². The van der Waals surface area contributed by atoms with Crippen molar-refractivity contribution in [3.8, 4) is 0 Å². The summed E-state index contributed by atoms with van der Waals surface area (Å²) in [5.74, 6) is -1.01. The zero-order chi connectivity index (χ0) is 23.0. The van der Waals surface area contributed by atoms with Crippen LogP contribution < -0.4 is 11.1 Å². The summed E-state index contributed by atoms with van der Waals surface area (Å²) in [5, 5.41) is 21.7. The maximum atomic E-state index is 13.1. The van der Waals surface area contributed by atoms with Crippen LogP contribution in [0.15, 0.2) is 41.8 Å². The zero-order valence-corrected chi connectivity index (χ0v) is 18.6. The normalized spacial score (nSPS) is 17.8. The third-order valence-electron chi connectivity index (χ3n) is 5.20. The number of nitrogens with one attached hydrogen (secondary N) is 1. The number of aryl methyl sites for hydroxylation is 2. The van der Waals surface area contributed by atoms with Gasteiger partial charge in [0.25, 0.3) is 0 Å². The topological polar surface area (TPSA) is 99.5 Å². The lowest BCUT2D eigenvalue weighted by Crippen LogP contribution is -2.25. The summed E-state index contributed by atoms with van der Waals surface area (Å²) in [6, 6.07) is 3.66. The van der Waals surface area contributed by atoms with Crippen LogP contribution in [0.3, 0.4) is 0 Å². The molecule has 1 aliphatic carbocycles. The molecule has 12 heteroatoms. The fourth-order valence-electron chi connectivity index (χ4n) is 3.56. The number of hydrogen-bond donors (Lipinski definition) is 2. The summed E-state index contributed by atoms with van der Waals surface area (Å²) in [5.41, 5.74) is 8.63. The Kier molecular flexibility index (Phi) is 5.80. The van der Waals surface area contributed by atoms with E-state index in [1.165, 1.54) is 28.2 Å². The van der Waals surface area contributed by atoms with E-state index in [2.05, 4.69) is 25.7 Å². The highest BCUT2D eigenvalue weighted by Gasteiger charge is 2.38. The van der Waals surface area contributed by atoms with Crippen molar-refractivity contribution in [2.24, 2.45) is 11.7 Å². The lowest BCUT2D eigenvalue weighted by molar-refractivity contribution is -0.160. The van der Waals surface area contributed by atoms with Crippen LogP contribution in [0.1, 0.15) is 35.8 Å². The van der Waals surface area contributed by atoms with Gasteiger partial charge in [-0.15, -0.1) is 10.2 Å². The fourth-order valence-corrected chi connectivity index (χ4v) is 4.35. The molecule has 3 heterocycles. The van der Waals surface area contributed by atoms with E-state index in [0.717, 1.165) is 16.4 Å². The van der Waals surface area contributed by atoms with Gasteiger partial charge in [-0.1, -0.05) is 23.5 Å². The Morgan fingerprint density at radius 1 is 1.28 bits per heavy atom. The van der Waals surface area contributed by atoms with E-state index in [1.807, 2.05) is 31.5 Å². The number of nitrogens with two attached hydrogens (primary N) is 1. The Morgan fingerprint density at radius 2 is 2.06 bits per heavy atom. The maximum absolute atomic E-state index is 13.1. The average Bonchev–Trinajstić information content (AvgIpc) is 3.43. The Hall–Kier alpha value is -3.15. The first-order chi connectivity index (χ1) is 15.1. The van der Waals surface area contributed by atoms with E-state index >= 15 is 0 Å². The largest absolute Gasteiger partial charge is 0.399 e. The Morgan fingerprint density at radius 3 is 2.75 bits per heavy atom. The second-order valence-electron chi connectivity index (χ2n) is 7.75. The van der Waals surface area contributed by atoms with Crippen molar-refractivity contribution < 1.29 is 13.2 Å². The second kappa shape index (κ2) is 8.41. The first-order valence-corrected chi connectivity index (χ1v) is 10.8. The molecular formula is C20H23F3N8S. The first-order valence-electron chi connectivity index (χ1n) is 10.00. The van der Waals surface area contributed by atoms with E-state index in [1.54, 1.807) is 12.3 Å². The smallest absolute Gasteiger partial charge is 0.395 e. The van der Waals surface area contributed by atoms with Crippen LogP contribution in [-0.2, 0) is 6.54 Å². The predicted molar refractivity (Wildman–Crippen MR) is 115 cm³/mol. The molecule has 0 aromatic carbocycles. The molecular weight excluding hydrogens is 441 g/mol. The Labute approximate surface area is 186 Å². The molecule has 0 fully saturated rings. The molecule has 0 spiro atoms. The number of allylic oxidation sites excluding steroid dienone is 3. The van der Waals surface area contributed by atoms with Gasteiger partial charge in [0.2, 0.25) is 5.13 Å². The summed E-state index contributed by atoms with van der Waals surface area (Å²) in [4.78, 5) is 0. The minimum atomic E-state index is -4.29. The summed E-state index contributed by atoms with van der Waals surface area (Å²) in [6.07, 6.45) is -0.155. The van der Waals surface area contributed by atoms with Gasteiger partial charge in [-0.2, -0.15) is 23.4 Å². The lowest BCUT2D eigenvalue weighted by Gasteiger charge is -2.22. The summed E-state index contributed by atoms with van der Waals surface area (Å²) in [7, 11) is 0. The van der Waals surface area contributed by atoms with Gasteiger partial charge < -0.3 is 11.1 Å². The second-order valence-corrected chi connectivity index (χ2v) is 8.76. The number of hydrogen-bond acceptors (Lipinski definition) is 7. The van der Waals surface area contributed by atoms with Crippen molar-refractivity contribution in [3.63, 3.8) is 0 Å². The SMILES string of the molecule is Cc1cc(C)n(C(C)c2nnc(Nc3ccn(CC4=CC(C(F)(F)F)CC=C4N)n3)s2)n1. The van der Waals surface area contributed by atoms with Gasteiger partial charge in [-0.3, -0.25) is 9.36 Å². The minimum Gasteiger partial charge on any atom is -0.399 e. The van der Waals surface area contributed by atoms with Crippen LogP contribution >= 0.6 is 11.3 Å². The highest BCUT2D eigenvalue weighted by Crippen LogP contribution is 2.35. The highest BCUT2D eigenvalue weighted by atomic mass is 32.1. The van der Waals surface area contributed by atoms with Crippen LogP contribution in [0.25, 0.3) is 0 Å². The molecule has 0 aliphatic heterocycles. The standard InChI is InChI=1S/C20H23F3N8S/c1-11-8-12(2)31(28-11)13(3)18-26-27-19(32-18)25-17-6-7-30(29-17)10-14-9-15(20(21,22)23)4-5-16(14)24/h5-9,13,15H,4,10,24H2,1-3H3,(H,25,27,29). The predicted octanol–water partition coefficient (Wildman–Crippen LogP) is 4.25. The summed E-state index contributed by atoms with van der Waals surface area (Å²) in [6.45, 7) is 6.08. The van der Waals surface area contributed by atoms with E-state index in [-0.39, 0.29) is 19.0 Å². The molecule has 0 bridgehead atoms. The van der Waals surface area contributed by atoms with Gasteiger partial charge in [0.15, 0.2) is 5.82 Å². The summed E-state index contributed by atoms with van der Waals surface area (Å²) < 4.78 is 42.6. The average molecular weight is 465 g/mol. The third-order valence-corrected chi connectivity index (χ3v) is 6.21. The number of alkyl halides is 3. The molecule has 0 saturated carbocycles. The molecule has 32 heavy (non-hydrogen) atoms. The molecule has 3 N–H and O–H groups in total. The molecule has 0 radical (unpaired) electrons. The first kappa shape index (κ1) is 22.1. The molecule has 2 atom stereocenters. The van der Waals surface area contributed by atoms with Crippen molar-refractivity contribution in [2.45, 2.75) is 46.0 Å². The number of halogens is 3. The number of anilines is 2. The highest BCUT2D eigenvalue weighted by molar-refractivity contribution is 7.15. The monoisotopic (exact) mass is 464 g/mol. The fraction of sp³-hybridized carbons (Fsp3) is 0.400. The molecule has 170 valence electrons. The van der Waals surface area contributed by atoms with Crippen LogP contribution in [-0.4, -0.2) is 35.9 Å². The molecule has 1 aliphatic rings. The van der Waals surface area contributed by atoms with Gasteiger partial charge in [-0.25, -0.2) is 0 Å². The van der Waals surface area contributed by atoms with Gasteiger partial charge >= 0.3 is 6.18 Å². The lowest BCUT2D eigenvalue weighted by atomic mass is 9.93. The minimum absolute atomic E-state index is 0.0658. The van der Waals surface area contributed by atoms with Crippen molar-refractivity contribution >= 4 is 22.3 Å². The van der Waals surface area contributed by atoms with Crippen LogP contribution in [0.5, 0.6) is 0 Å². The van der Waals surface area contributed by atoms with Gasteiger partial charge in [0, 0.05) is 23.7 Å². The quantitative estimate of drug-likeness (QED) is 0.566. The Bertz CT molecular complexity index is 1170. The van der Waals surface area contributed by atoms with Crippen molar-refractivity contribution in [3.05, 3.63) is 58.1 Å². The summed E-state index contributed by atoms with van der Waals surface area (Å²) >= 11 is 1.39. The van der Waals surface area contributed by atoms with Crippen LogP contribution in [0, 0.1) is 19.8 Å².